The first-order valence-corrected chi connectivity index (χ1v) is 11.9. The van der Waals surface area contributed by atoms with Gasteiger partial charge >= 0.3 is 0 Å². The maximum atomic E-state index is 13.8. The van der Waals surface area contributed by atoms with Crippen molar-refractivity contribution in [2.24, 2.45) is 17.6 Å². The number of Topliss-reactive ketones (excluding diaryl/α,β-unsaturated/α-hetero) is 2. The third-order valence-electron chi connectivity index (χ3n) is 7.48. The van der Waals surface area contributed by atoms with Gasteiger partial charge in [0.25, 0.3) is 5.91 Å². The Kier molecular flexibility index (Phi) is 6.45. The Morgan fingerprint density at radius 1 is 1.22 bits per heavy atom. The van der Waals surface area contributed by atoms with Gasteiger partial charge in [0.1, 0.15) is 22.8 Å². The van der Waals surface area contributed by atoms with Crippen molar-refractivity contribution >= 4 is 23.2 Å². The molecule has 0 bridgehead atoms. The normalized spacial score (nSPS) is 27.3. The van der Waals surface area contributed by atoms with Crippen molar-refractivity contribution in [1.29, 1.82) is 0 Å². The van der Waals surface area contributed by atoms with Crippen molar-refractivity contribution in [3.63, 3.8) is 0 Å². The number of fused-ring (bicyclic) bond motifs is 3. The molecule has 1 saturated carbocycles. The maximum Gasteiger partial charge on any atom is 0.255 e. The van der Waals surface area contributed by atoms with Crippen LogP contribution in [0.3, 0.4) is 0 Å². The summed E-state index contributed by atoms with van der Waals surface area (Å²) in [5.41, 5.74) is 2.92. The zero-order valence-corrected chi connectivity index (χ0v) is 20.5. The van der Waals surface area contributed by atoms with E-state index in [2.05, 4.69) is 18.8 Å². The van der Waals surface area contributed by atoms with E-state index in [1.54, 1.807) is 20.2 Å². The molecule has 3 aliphatic rings. The largest absolute Gasteiger partial charge is 0.508 e. The number of hydrogen-bond donors (Lipinski definition) is 5. The van der Waals surface area contributed by atoms with Crippen LogP contribution >= 0.6 is 0 Å². The number of benzene rings is 1. The fourth-order valence-corrected chi connectivity index (χ4v) is 5.78. The van der Waals surface area contributed by atoms with Gasteiger partial charge in [-0.05, 0) is 57.0 Å². The molecule has 4 atom stereocenters. The Labute approximate surface area is 208 Å². The van der Waals surface area contributed by atoms with Crippen molar-refractivity contribution < 1.29 is 34.8 Å². The van der Waals surface area contributed by atoms with Crippen molar-refractivity contribution in [2.45, 2.75) is 50.7 Å². The summed E-state index contributed by atoms with van der Waals surface area (Å²) in [5.74, 6) is -0.460. The van der Waals surface area contributed by atoms with Crippen LogP contribution in [0.5, 0.6) is 5.75 Å². The molecule has 4 rings (SSSR count). The topological polar surface area (TPSA) is 161 Å². The van der Waals surface area contributed by atoms with E-state index in [0.29, 0.717) is 17.5 Å². The number of nitrogens with zero attached hydrogens (tertiary/aromatic N) is 1. The van der Waals surface area contributed by atoms with Gasteiger partial charge in [0, 0.05) is 23.5 Å². The van der Waals surface area contributed by atoms with Crippen LogP contribution in [0.15, 0.2) is 29.0 Å². The van der Waals surface area contributed by atoms with Gasteiger partial charge in [-0.3, -0.25) is 19.3 Å². The number of hydrogen-bond acceptors (Lipinski definition) is 8. The second-order valence-electron chi connectivity index (χ2n) is 9.85. The molecular formula is C27H30N2O7. The zero-order valence-electron chi connectivity index (χ0n) is 20.5. The van der Waals surface area contributed by atoms with Gasteiger partial charge in [0.15, 0.2) is 11.4 Å². The number of phenols is 1. The highest BCUT2D eigenvalue weighted by molar-refractivity contribution is 6.24. The number of phenolic OH excluding ortho intramolecular Hbond substituents is 1. The van der Waals surface area contributed by atoms with Gasteiger partial charge < -0.3 is 26.2 Å². The highest BCUT2D eigenvalue weighted by atomic mass is 16.3. The molecule has 1 fully saturated rings. The Bertz CT molecular complexity index is 1300. The first-order valence-electron chi connectivity index (χ1n) is 11.9. The Balaban J connectivity index is 1.91. The Morgan fingerprint density at radius 2 is 1.92 bits per heavy atom. The minimum Gasteiger partial charge on any atom is -0.508 e. The number of aliphatic hydroxyl groups excluding tert-OH is 2. The number of aromatic hydroxyl groups is 1. The lowest BCUT2D eigenvalue weighted by Crippen LogP contribution is -2.65. The van der Waals surface area contributed by atoms with Gasteiger partial charge in [-0.15, -0.1) is 0 Å². The number of amides is 1. The number of aliphatic hydroxyl groups is 3. The van der Waals surface area contributed by atoms with Crippen LogP contribution in [-0.4, -0.2) is 68.5 Å². The van der Waals surface area contributed by atoms with E-state index in [4.69, 9.17) is 5.73 Å². The molecular weight excluding hydrogens is 464 g/mol. The van der Waals surface area contributed by atoms with Crippen LogP contribution in [0.4, 0.5) is 0 Å². The molecule has 1 aromatic rings. The van der Waals surface area contributed by atoms with E-state index in [9.17, 15) is 34.8 Å². The van der Waals surface area contributed by atoms with Gasteiger partial charge in [0.2, 0.25) is 5.78 Å². The summed E-state index contributed by atoms with van der Waals surface area (Å²) >= 11 is 0. The summed E-state index contributed by atoms with van der Waals surface area (Å²) in [7, 11) is 3.13. The van der Waals surface area contributed by atoms with Crippen LogP contribution in [0, 0.1) is 23.7 Å². The summed E-state index contributed by atoms with van der Waals surface area (Å²) < 4.78 is 0. The SMILES string of the molecule is CCCCC#Cc1ccc(O)c2c1C[C@H]1C[C@H]3[C@H](N(C)C)C(=O)C(C(N)=O)=C(O)[C@@]3(O)C(=O)C1=C2O. The lowest BCUT2D eigenvalue weighted by Gasteiger charge is -2.50. The average Bonchev–Trinajstić information content (AvgIpc) is 2.80. The molecule has 0 spiro atoms. The predicted molar refractivity (Wildman–Crippen MR) is 131 cm³/mol. The van der Waals surface area contributed by atoms with Crippen molar-refractivity contribution in [1.82, 2.24) is 4.90 Å². The van der Waals surface area contributed by atoms with E-state index < -0.39 is 58.0 Å². The second kappa shape index (κ2) is 9.12. The van der Waals surface area contributed by atoms with E-state index >= 15 is 0 Å². The quantitative estimate of drug-likeness (QED) is 0.239. The van der Waals surface area contributed by atoms with E-state index in [-0.39, 0.29) is 29.7 Å². The molecule has 0 radical (unpaired) electrons. The number of carbonyl (C=O) groups excluding carboxylic acids is 3. The number of primary amides is 1. The molecule has 0 saturated heterocycles. The van der Waals surface area contributed by atoms with Crippen molar-refractivity contribution in [3.8, 4) is 17.6 Å². The zero-order chi connectivity index (χ0) is 26.5. The van der Waals surface area contributed by atoms with Gasteiger partial charge in [-0.1, -0.05) is 25.2 Å². The summed E-state index contributed by atoms with van der Waals surface area (Å²) in [6.45, 7) is 2.06. The minimum atomic E-state index is -2.64. The fraction of sp³-hybridized carbons (Fsp3) is 0.444. The molecule has 0 heterocycles. The monoisotopic (exact) mass is 494 g/mol. The predicted octanol–water partition coefficient (Wildman–Crippen LogP) is 1.51. The lowest BCUT2D eigenvalue weighted by molar-refractivity contribution is -0.153. The number of carbonyl (C=O) groups is 3. The third-order valence-corrected chi connectivity index (χ3v) is 7.48. The molecule has 3 aliphatic carbocycles. The number of unbranched alkanes of at least 4 members (excludes halogenated alkanes) is 2. The molecule has 0 unspecified atom stereocenters. The minimum absolute atomic E-state index is 0.0458. The molecule has 9 nitrogen and oxygen atoms in total. The van der Waals surface area contributed by atoms with Gasteiger partial charge in [-0.25, -0.2) is 0 Å². The van der Waals surface area contributed by atoms with E-state index in [1.165, 1.54) is 11.0 Å². The van der Waals surface area contributed by atoms with Gasteiger partial charge in [0.05, 0.1) is 11.6 Å². The molecule has 190 valence electrons. The summed E-state index contributed by atoms with van der Waals surface area (Å²) in [6.07, 6.45) is 2.89. The van der Waals surface area contributed by atoms with Crippen LogP contribution in [0.2, 0.25) is 0 Å². The highest BCUT2D eigenvalue weighted by Gasteiger charge is 2.64. The number of likely N-dealkylation sites (N-methyl/N-ethyl adjacent to an activating group) is 1. The highest BCUT2D eigenvalue weighted by Crippen LogP contribution is 2.52. The molecule has 1 amide bonds. The summed E-state index contributed by atoms with van der Waals surface area (Å²) in [6, 6.07) is 1.93. The molecule has 6 N–H and O–H groups in total. The lowest BCUT2D eigenvalue weighted by atomic mass is 9.57. The standard InChI is InChI=1S/C27H30N2O7/c1-4-5-6-7-8-13-9-10-17(30)19-15(13)11-14-12-16-21(29(2)3)23(32)20(26(28)35)25(34)27(16,36)24(33)18(14)22(19)31/h9-10,14,16,21,30-31,34,36H,4-6,11-12H2,1-3H3,(H2,28,35)/t14-,16-,21-,27-/m0/s1. The van der Waals surface area contributed by atoms with Gasteiger partial charge in [-0.2, -0.15) is 0 Å². The van der Waals surface area contributed by atoms with Crippen LogP contribution in [0.1, 0.15) is 49.3 Å². The second-order valence-corrected chi connectivity index (χ2v) is 9.85. The van der Waals surface area contributed by atoms with Crippen molar-refractivity contribution in [3.05, 3.63) is 45.7 Å². The van der Waals surface area contributed by atoms with Crippen LogP contribution in [-0.2, 0) is 20.8 Å². The van der Waals surface area contributed by atoms with E-state index in [0.717, 1.165) is 12.8 Å². The molecule has 0 aromatic heterocycles. The average molecular weight is 495 g/mol. The fourth-order valence-electron chi connectivity index (χ4n) is 5.78. The molecule has 9 heteroatoms. The summed E-state index contributed by atoms with van der Waals surface area (Å²) in [5, 5.41) is 44.2. The van der Waals surface area contributed by atoms with Crippen molar-refractivity contribution in [2.75, 3.05) is 14.1 Å². The summed E-state index contributed by atoms with van der Waals surface area (Å²) in [4.78, 5) is 40.4. The smallest absolute Gasteiger partial charge is 0.255 e. The Hall–Kier alpha value is -3.61. The number of ketones is 2. The maximum absolute atomic E-state index is 13.8. The Morgan fingerprint density at radius 3 is 2.53 bits per heavy atom. The molecule has 1 aromatic carbocycles. The molecule has 0 aliphatic heterocycles. The first-order chi connectivity index (χ1) is 17.0. The first kappa shape index (κ1) is 25.5. The van der Waals surface area contributed by atoms with Crippen LogP contribution in [0.25, 0.3) is 5.76 Å². The third kappa shape index (κ3) is 3.60. The van der Waals surface area contributed by atoms with E-state index in [1.807, 2.05) is 0 Å². The number of nitrogens with two attached hydrogens (primary N) is 1. The molecule has 36 heavy (non-hydrogen) atoms. The van der Waals surface area contributed by atoms with Crippen LogP contribution < -0.4 is 5.73 Å². The number of rotatable bonds is 4.